The van der Waals surface area contributed by atoms with Gasteiger partial charge in [-0.2, -0.15) is 0 Å². The third-order valence-corrected chi connectivity index (χ3v) is 4.76. The van der Waals surface area contributed by atoms with Crippen molar-refractivity contribution in [3.05, 3.63) is 60.6 Å². The van der Waals surface area contributed by atoms with Crippen molar-refractivity contribution in [3.8, 4) is 28.6 Å². The Morgan fingerprint density at radius 1 is 1.04 bits per heavy atom. The fourth-order valence-corrected chi connectivity index (χ4v) is 3.31. The molecule has 0 unspecified atom stereocenters. The zero-order valence-corrected chi connectivity index (χ0v) is 15.0. The molecule has 0 N–H and O–H groups in total. The van der Waals surface area contributed by atoms with E-state index in [4.69, 9.17) is 18.6 Å². The van der Waals surface area contributed by atoms with Gasteiger partial charge in [-0.05, 0) is 30.3 Å². The second-order valence-electron chi connectivity index (χ2n) is 6.65. The molecule has 3 aromatic rings. The van der Waals surface area contributed by atoms with E-state index in [2.05, 4.69) is 4.98 Å². The Kier molecular flexibility index (Phi) is 4.12. The zero-order chi connectivity index (χ0) is 18.9. The number of para-hydroxylation sites is 1. The zero-order valence-electron chi connectivity index (χ0n) is 15.0. The predicted octanol–water partition coefficient (Wildman–Crippen LogP) is 3.02. The van der Waals surface area contributed by atoms with Crippen molar-refractivity contribution in [1.82, 2.24) is 9.88 Å². The van der Waals surface area contributed by atoms with Gasteiger partial charge < -0.3 is 23.5 Å². The Balaban J connectivity index is 1.29. The lowest BCUT2D eigenvalue weighted by Gasteiger charge is -2.38. The highest BCUT2D eigenvalue weighted by Crippen LogP contribution is 2.36. The van der Waals surface area contributed by atoms with E-state index >= 15 is 0 Å². The molecule has 7 heteroatoms. The minimum absolute atomic E-state index is 0.0176. The van der Waals surface area contributed by atoms with Gasteiger partial charge in [-0.1, -0.05) is 18.2 Å². The summed E-state index contributed by atoms with van der Waals surface area (Å²) >= 11 is 0. The topological polar surface area (TPSA) is 74.0 Å². The van der Waals surface area contributed by atoms with Gasteiger partial charge in [0.25, 0.3) is 5.91 Å². The molecule has 1 fully saturated rings. The number of likely N-dealkylation sites (tertiary alicyclic amines) is 1. The van der Waals surface area contributed by atoms with Crippen molar-refractivity contribution < 1.29 is 23.4 Å². The van der Waals surface area contributed by atoms with Gasteiger partial charge in [0.2, 0.25) is 0 Å². The number of rotatable bonds is 4. The molecule has 7 nitrogen and oxygen atoms in total. The number of carbonyl (C=O) groups is 1. The summed E-state index contributed by atoms with van der Waals surface area (Å²) in [4.78, 5) is 18.7. The van der Waals surface area contributed by atoms with Gasteiger partial charge in [0.15, 0.2) is 29.3 Å². The number of nitrogens with zero attached hydrogens (tertiary/aromatic N) is 2. The Morgan fingerprint density at radius 3 is 2.64 bits per heavy atom. The summed E-state index contributed by atoms with van der Waals surface area (Å²) in [6, 6.07) is 15.1. The first kappa shape index (κ1) is 16.7. The van der Waals surface area contributed by atoms with E-state index in [-0.39, 0.29) is 17.7 Å². The largest absolute Gasteiger partial charge is 0.487 e. The molecular formula is C21H18N2O5. The standard InChI is InChI=1S/C21H18N2O5/c24-21(23-11-16(12-23)28-15-4-2-1-3-5-15)19-20(27-13-22-19)14-6-7-17-18(10-14)26-9-8-25-17/h1-7,10,13,16H,8-9,11-12H2. The Bertz CT molecular complexity index is 995. The Hall–Kier alpha value is -3.48. The molecule has 0 aliphatic carbocycles. The molecule has 0 bridgehead atoms. The molecule has 3 heterocycles. The molecule has 2 aliphatic heterocycles. The predicted molar refractivity (Wildman–Crippen MR) is 99.7 cm³/mol. The fraction of sp³-hybridized carbons (Fsp3) is 0.238. The maximum absolute atomic E-state index is 12.9. The van der Waals surface area contributed by atoms with Crippen molar-refractivity contribution in [3.63, 3.8) is 0 Å². The number of amides is 1. The number of hydrogen-bond acceptors (Lipinski definition) is 6. The van der Waals surface area contributed by atoms with Crippen LogP contribution in [0.25, 0.3) is 11.3 Å². The molecular weight excluding hydrogens is 360 g/mol. The SMILES string of the molecule is O=C(c1ncoc1-c1ccc2c(c1)OCCO2)N1CC(Oc2ccccc2)C1. The molecule has 142 valence electrons. The molecule has 5 rings (SSSR count). The molecule has 28 heavy (non-hydrogen) atoms. The van der Waals surface area contributed by atoms with Crippen LogP contribution in [0.4, 0.5) is 0 Å². The van der Waals surface area contributed by atoms with Crippen molar-refractivity contribution in [2.75, 3.05) is 26.3 Å². The number of fused-ring (bicyclic) bond motifs is 1. The average Bonchev–Trinajstić information content (AvgIpc) is 3.20. The van der Waals surface area contributed by atoms with E-state index < -0.39 is 0 Å². The number of aromatic nitrogens is 1. The van der Waals surface area contributed by atoms with E-state index in [1.165, 1.54) is 6.39 Å². The molecule has 2 aliphatic rings. The molecule has 0 spiro atoms. The van der Waals surface area contributed by atoms with Gasteiger partial charge in [-0.25, -0.2) is 4.98 Å². The number of hydrogen-bond donors (Lipinski definition) is 0. The molecule has 1 aromatic heterocycles. The highest BCUT2D eigenvalue weighted by atomic mass is 16.6. The van der Waals surface area contributed by atoms with Crippen molar-refractivity contribution in [2.45, 2.75) is 6.10 Å². The van der Waals surface area contributed by atoms with Crippen LogP contribution in [0.1, 0.15) is 10.5 Å². The monoisotopic (exact) mass is 378 g/mol. The van der Waals surface area contributed by atoms with E-state index in [1.54, 1.807) is 4.90 Å². The second-order valence-corrected chi connectivity index (χ2v) is 6.65. The quantitative estimate of drug-likeness (QED) is 0.695. The third-order valence-electron chi connectivity index (χ3n) is 4.76. The number of benzene rings is 2. The number of ether oxygens (including phenoxy) is 3. The number of oxazole rings is 1. The summed E-state index contributed by atoms with van der Waals surface area (Å²) in [7, 11) is 0. The molecule has 1 saturated heterocycles. The highest BCUT2D eigenvalue weighted by Gasteiger charge is 2.35. The van der Waals surface area contributed by atoms with Gasteiger partial charge in [0, 0.05) is 5.56 Å². The van der Waals surface area contributed by atoms with Crippen LogP contribution in [0.15, 0.2) is 59.3 Å². The van der Waals surface area contributed by atoms with Crippen LogP contribution in [0, 0.1) is 0 Å². The lowest BCUT2D eigenvalue weighted by Crippen LogP contribution is -2.56. The highest BCUT2D eigenvalue weighted by molar-refractivity contribution is 5.98. The molecule has 0 saturated carbocycles. The summed E-state index contributed by atoms with van der Waals surface area (Å²) in [5.74, 6) is 2.38. The van der Waals surface area contributed by atoms with Crippen molar-refractivity contribution >= 4 is 5.91 Å². The Labute approximate surface area is 161 Å². The summed E-state index contributed by atoms with van der Waals surface area (Å²) < 4.78 is 22.5. The smallest absolute Gasteiger partial charge is 0.276 e. The Morgan fingerprint density at radius 2 is 1.82 bits per heavy atom. The summed E-state index contributed by atoms with van der Waals surface area (Å²) in [6.45, 7) is 2.05. The van der Waals surface area contributed by atoms with Gasteiger partial charge in [-0.15, -0.1) is 0 Å². The van der Waals surface area contributed by atoms with Gasteiger partial charge in [-0.3, -0.25) is 4.79 Å². The maximum Gasteiger partial charge on any atom is 0.276 e. The molecule has 0 radical (unpaired) electrons. The van der Waals surface area contributed by atoms with Crippen LogP contribution >= 0.6 is 0 Å². The summed E-state index contributed by atoms with van der Waals surface area (Å²) in [5, 5.41) is 0. The first-order chi connectivity index (χ1) is 13.8. The average molecular weight is 378 g/mol. The second kappa shape index (κ2) is 6.92. The van der Waals surface area contributed by atoms with Crippen LogP contribution in [-0.4, -0.2) is 48.2 Å². The van der Waals surface area contributed by atoms with Crippen molar-refractivity contribution in [2.24, 2.45) is 0 Å². The fourth-order valence-electron chi connectivity index (χ4n) is 3.31. The lowest BCUT2D eigenvalue weighted by molar-refractivity contribution is 0.0174. The summed E-state index contributed by atoms with van der Waals surface area (Å²) in [5.41, 5.74) is 1.01. The minimum atomic E-state index is -0.174. The van der Waals surface area contributed by atoms with Crippen LogP contribution in [-0.2, 0) is 0 Å². The van der Waals surface area contributed by atoms with Gasteiger partial charge >= 0.3 is 0 Å². The van der Waals surface area contributed by atoms with Gasteiger partial charge in [0.1, 0.15) is 25.1 Å². The van der Waals surface area contributed by atoms with Crippen LogP contribution in [0.5, 0.6) is 17.2 Å². The molecule has 2 aromatic carbocycles. The van der Waals surface area contributed by atoms with E-state index in [9.17, 15) is 4.79 Å². The first-order valence-electron chi connectivity index (χ1n) is 9.12. The normalized spacial score (nSPS) is 15.8. The minimum Gasteiger partial charge on any atom is -0.487 e. The van der Waals surface area contributed by atoms with Crippen LogP contribution in [0.3, 0.4) is 0 Å². The summed E-state index contributed by atoms with van der Waals surface area (Å²) in [6.07, 6.45) is 1.27. The maximum atomic E-state index is 12.9. The lowest BCUT2D eigenvalue weighted by atomic mass is 10.1. The van der Waals surface area contributed by atoms with Crippen LogP contribution in [0.2, 0.25) is 0 Å². The third kappa shape index (κ3) is 3.05. The first-order valence-corrected chi connectivity index (χ1v) is 9.12. The van der Waals surface area contributed by atoms with E-state index in [0.717, 1.165) is 11.3 Å². The number of carbonyl (C=O) groups excluding carboxylic acids is 1. The van der Waals surface area contributed by atoms with Crippen molar-refractivity contribution in [1.29, 1.82) is 0 Å². The molecule has 0 atom stereocenters. The van der Waals surface area contributed by atoms with E-state index in [1.807, 2.05) is 48.5 Å². The molecule has 1 amide bonds. The van der Waals surface area contributed by atoms with Gasteiger partial charge in [0.05, 0.1) is 13.1 Å². The van der Waals surface area contributed by atoms with Crippen LogP contribution < -0.4 is 14.2 Å². The van der Waals surface area contributed by atoms with E-state index in [0.29, 0.717) is 43.6 Å².